The molecule has 0 unspecified atom stereocenters. The Morgan fingerprint density at radius 1 is 0.920 bits per heavy atom. The molecule has 1 aliphatic rings. The standard InChI is InChI=1S/C20H23N5/c1-16-6-5-9-18(21-16)15-24-11-10-19-22-23-20(25(19)13-12-24)14-17-7-3-2-4-8-17/h2-9H,10-15H2,1H3. The molecule has 5 nitrogen and oxygen atoms in total. The van der Waals surface area contributed by atoms with Gasteiger partial charge in [-0.25, -0.2) is 0 Å². The molecule has 0 fully saturated rings. The summed E-state index contributed by atoms with van der Waals surface area (Å²) >= 11 is 0. The summed E-state index contributed by atoms with van der Waals surface area (Å²) in [5.74, 6) is 2.17. The first kappa shape index (κ1) is 16.0. The van der Waals surface area contributed by atoms with E-state index in [1.165, 1.54) is 5.56 Å². The van der Waals surface area contributed by atoms with E-state index in [1.807, 2.05) is 19.1 Å². The van der Waals surface area contributed by atoms with Crippen LogP contribution in [0.15, 0.2) is 48.5 Å². The maximum Gasteiger partial charge on any atom is 0.137 e. The molecule has 0 bridgehead atoms. The molecule has 0 saturated carbocycles. The Balaban J connectivity index is 1.45. The zero-order valence-electron chi connectivity index (χ0n) is 14.6. The van der Waals surface area contributed by atoms with Crippen molar-refractivity contribution in [1.29, 1.82) is 0 Å². The molecule has 25 heavy (non-hydrogen) atoms. The molecule has 4 rings (SSSR count). The van der Waals surface area contributed by atoms with E-state index in [4.69, 9.17) is 0 Å². The predicted molar refractivity (Wildman–Crippen MR) is 97.2 cm³/mol. The Hall–Kier alpha value is -2.53. The van der Waals surface area contributed by atoms with Crippen LogP contribution in [0.2, 0.25) is 0 Å². The second kappa shape index (κ2) is 7.15. The molecule has 3 heterocycles. The van der Waals surface area contributed by atoms with E-state index in [0.717, 1.165) is 62.1 Å². The first-order valence-corrected chi connectivity index (χ1v) is 8.88. The maximum absolute atomic E-state index is 4.63. The van der Waals surface area contributed by atoms with E-state index in [1.54, 1.807) is 0 Å². The Bertz CT molecular complexity index is 840. The molecule has 1 aromatic carbocycles. The summed E-state index contributed by atoms with van der Waals surface area (Å²) in [7, 11) is 0. The average molecular weight is 333 g/mol. The van der Waals surface area contributed by atoms with Crippen LogP contribution in [-0.4, -0.2) is 37.7 Å². The second-order valence-electron chi connectivity index (χ2n) is 6.64. The zero-order chi connectivity index (χ0) is 17.1. The molecule has 3 aromatic rings. The number of hydrogen-bond donors (Lipinski definition) is 0. The number of hydrogen-bond acceptors (Lipinski definition) is 4. The van der Waals surface area contributed by atoms with Crippen LogP contribution < -0.4 is 0 Å². The molecular weight excluding hydrogens is 310 g/mol. The summed E-state index contributed by atoms with van der Waals surface area (Å²) in [5, 5.41) is 8.88. The van der Waals surface area contributed by atoms with Crippen molar-refractivity contribution in [2.45, 2.75) is 32.9 Å². The van der Waals surface area contributed by atoms with Gasteiger partial charge in [0, 0.05) is 44.7 Å². The molecule has 0 amide bonds. The quantitative estimate of drug-likeness (QED) is 0.736. The molecular formula is C20H23N5. The molecule has 2 aromatic heterocycles. The molecule has 0 atom stereocenters. The minimum absolute atomic E-state index is 0.841. The summed E-state index contributed by atoms with van der Waals surface area (Å²) in [4.78, 5) is 7.09. The van der Waals surface area contributed by atoms with Gasteiger partial charge < -0.3 is 4.57 Å². The summed E-state index contributed by atoms with van der Waals surface area (Å²) in [6.45, 7) is 5.88. The normalized spacial score (nSPS) is 14.9. The van der Waals surface area contributed by atoms with Gasteiger partial charge in [-0.1, -0.05) is 36.4 Å². The number of aryl methyl sites for hydroxylation is 1. The minimum Gasteiger partial charge on any atom is -0.313 e. The van der Waals surface area contributed by atoms with Crippen LogP contribution in [0.3, 0.4) is 0 Å². The molecule has 5 heteroatoms. The van der Waals surface area contributed by atoms with E-state index in [2.05, 4.69) is 61.0 Å². The van der Waals surface area contributed by atoms with Crippen molar-refractivity contribution in [3.63, 3.8) is 0 Å². The minimum atomic E-state index is 0.841. The van der Waals surface area contributed by atoms with Crippen LogP contribution in [0.25, 0.3) is 0 Å². The molecule has 0 aliphatic carbocycles. The first-order valence-electron chi connectivity index (χ1n) is 8.88. The lowest BCUT2D eigenvalue weighted by atomic mass is 10.1. The topological polar surface area (TPSA) is 46.8 Å². The van der Waals surface area contributed by atoms with Gasteiger partial charge in [0.2, 0.25) is 0 Å². The highest BCUT2D eigenvalue weighted by Crippen LogP contribution is 2.14. The van der Waals surface area contributed by atoms with Gasteiger partial charge in [0.05, 0.1) is 5.69 Å². The number of benzene rings is 1. The van der Waals surface area contributed by atoms with Gasteiger partial charge in [-0.3, -0.25) is 9.88 Å². The van der Waals surface area contributed by atoms with Gasteiger partial charge in [-0.2, -0.15) is 0 Å². The number of fused-ring (bicyclic) bond motifs is 1. The van der Waals surface area contributed by atoms with Crippen LogP contribution >= 0.6 is 0 Å². The first-order chi connectivity index (χ1) is 12.3. The highest BCUT2D eigenvalue weighted by Gasteiger charge is 2.19. The Kier molecular flexibility index (Phi) is 4.57. The van der Waals surface area contributed by atoms with Crippen LogP contribution in [0.1, 0.15) is 28.6 Å². The third-order valence-corrected chi connectivity index (χ3v) is 4.73. The van der Waals surface area contributed by atoms with Crippen molar-refractivity contribution in [1.82, 2.24) is 24.6 Å². The fourth-order valence-electron chi connectivity index (χ4n) is 3.41. The lowest BCUT2D eigenvalue weighted by Crippen LogP contribution is -2.27. The Morgan fingerprint density at radius 2 is 1.80 bits per heavy atom. The van der Waals surface area contributed by atoms with Crippen LogP contribution in [-0.2, 0) is 25.9 Å². The van der Waals surface area contributed by atoms with Crippen molar-refractivity contribution in [2.24, 2.45) is 0 Å². The SMILES string of the molecule is Cc1cccc(CN2CCc3nnc(Cc4ccccc4)n3CC2)n1. The van der Waals surface area contributed by atoms with Gasteiger partial charge in [-0.05, 0) is 24.6 Å². The van der Waals surface area contributed by atoms with Gasteiger partial charge in [0.25, 0.3) is 0 Å². The molecule has 128 valence electrons. The van der Waals surface area contributed by atoms with Gasteiger partial charge >= 0.3 is 0 Å². The fraction of sp³-hybridized carbons (Fsp3) is 0.350. The van der Waals surface area contributed by atoms with Gasteiger partial charge in [0.1, 0.15) is 11.6 Å². The lowest BCUT2D eigenvalue weighted by molar-refractivity contribution is 0.267. The van der Waals surface area contributed by atoms with Crippen molar-refractivity contribution < 1.29 is 0 Å². The summed E-state index contributed by atoms with van der Waals surface area (Å²) < 4.78 is 2.30. The molecule has 0 radical (unpaired) electrons. The van der Waals surface area contributed by atoms with Crippen molar-refractivity contribution in [2.75, 3.05) is 13.1 Å². The number of pyridine rings is 1. The van der Waals surface area contributed by atoms with Crippen LogP contribution in [0, 0.1) is 6.92 Å². The summed E-state index contributed by atoms with van der Waals surface area (Å²) in [6, 6.07) is 16.7. The Labute approximate surface area is 148 Å². The highest BCUT2D eigenvalue weighted by atomic mass is 15.3. The fourth-order valence-corrected chi connectivity index (χ4v) is 3.41. The van der Waals surface area contributed by atoms with E-state index >= 15 is 0 Å². The van der Waals surface area contributed by atoms with Crippen molar-refractivity contribution in [3.8, 4) is 0 Å². The molecule has 1 aliphatic heterocycles. The lowest BCUT2D eigenvalue weighted by Gasteiger charge is -2.19. The van der Waals surface area contributed by atoms with E-state index < -0.39 is 0 Å². The van der Waals surface area contributed by atoms with Crippen molar-refractivity contribution >= 4 is 0 Å². The van der Waals surface area contributed by atoms with Gasteiger partial charge in [0.15, 0.2) is 0 Å². The zero-order valence-corrected chi connectivity index (χ0v) is 14.6. The van der Waals surface area contributed by atoms with Crippen molar-refractivity contribution in [3.05, 3.63) is 77.1 Å². The number of nitrogens with zero attached hydrogens (tertiary/aromatic N) is 5. The monoisotopic (exact) mass is 333 g/mol. The van der Waals surface area contributed by atoms with E-state index in [0.29, 0.717) is 0 Å². The van der Waals surface area contributed by atoms with Crippen LogP contribution in [0.4, 0.5) is 0 Å². The molecule has 0 N–H and O–H groups in total. The summed E-state index contributed by atoms with van der Waals surface area (Å²) in [6.07, 6.45) is 1.78. The third kappa shape index (κ3) is 3.77. The smallest absolute Gasteiger partial charge is 0.137 e. The molecule has 0 spiro atoms. The highest BCUT2D eigenvalue weighted by molar-refractivity contribution is 5.19. The summed E-state index contributed by atoms with van der Waals surface area (Å²) in [5.41, 5.74) is 3.50. The number of rotatable bonds is 4. The number of aromatic nitrogens is 4. The predicted octanol–water partition coefficient (Wildman–Crippen LogP) is 2.63. The largest absolute Gasteiger partial charge is 0.313 e. The van der Waals surface area contributed by atoms with Gasteiger partial charge in [-0.15, -0.1) is 10.2 Å². The average Bonchev–Trinajstić information content (AvgIpc) is 2.88. The second-order valence-corrected chi connectivity index (χ2v) is 6.64. The Morgan fingerprint density at radius 3 is 2.64 bits per heavy atom. The van der Waals surface area contributed by atoms with Crippen LogP contribution in [0.5, 0.6) is 0 Å². The van der Waals surface area contributed by atoms with E-state index in [-0.39, 0.29) is 0 Å². The maximum atomic E-state index is 4.63. The molecule has 0 saturated heterocycles. The van der Waals surface area contributed by atoms with E-state index in [9.17, 15) is 0 Å². The third-order valence-electron chi connectivity index (χ3n) is 4.73.